The number of aromatic nitrogens is 1. The molecule has 0 spiro atoms. The summed E-state index contributed by atoms with van der Waals surface area (Å²) in [6.07, 6.45) is 0.996. The molecule has 2 aliphatic rings. The molecule has 204 valence electrons. The van der Waals surface area contributed by atoms with Gasteiger partial charge in [0.25, 0.3) is 5.56 Å². The zero-order valence-electron chi connectivity index (χ0n) is 21.9. The molecule has 2 saturated heterocycles. The van der Waals surface area contributed by atoms with Gasteiger partial charge in [0.15, 0.2) is 16.6 Å². The van der Waals surface area contributed by atoms with E-state index in [4.69, 9.17) is 31.2 Å². The molecule has 2 fully saturated rings. The quantitative estimate of drug-likeness (QED) is 0.325. The third-order valence-corrected chi connectivity index (χ3v) is 7.30. The van der Waals surface area contributed by atoms with Crippen LogP contribution in [-0.2, 0) is 16.0 Å². The van der Waals surface area contributed by atoms with Crippen LogP contribution in [0.15, 0.2) is 23.0 Å². The molecule has 0 atom stereocenters. The van der Waals surface area contributed by atoms with Crippen molar-refractivity contribution in [3.8, 4) is 11.5 Å². The minimum absolute atomic E-state index is 0.133. The Labute approximate surface area is 223 Å². The van der Waals surface area contributed by atoms with Crippen LogP contribution >= 0.6 is 12.2 Å². The molecule has 2 aromatic rings. The first-order valence-corrected chi connectivity index (χ1v) is 13.4. The van der Waals surface area contributed by atoms with Crippen LogP contribution < -0.4 is 20.3 Å². The molecule has 3 heterocycles. The van der Waals surface area contributed by atoms with Gasteiger partial charge in [-0.25, -0.2) is 0 Å². The second-order valence-electron chi connectivity index (χ2n) is 9.33. The van der Waals surface area contributed by atoms with Crippen molar-refractivity contribution in [1.82, 2.24) is 25.0 Å². The van der Waals surface area contributed by atoms with Gasteiger partial charge >= 0.3 is 0 Å². The van der Waals surface area contributed by atoms with Crippen LogP contribution in [0.4, 0.5) is 0 Å². The number of thiocarbonyl (C=S) groups is 1. The van der Waals surface area contributed by atoms with Gasteiger partial charge in [0, 0.05) is 62.8 Å². The molecule has 2 N–H and O–H groups in total. The Morgan fingerprint density at radius 1 is 1.00 bits per heavy atom. The van der Waals surface area contributed by atoms with E-state index in [1.165, 1.54) is 0 Å². The predicted molar refractivity (Wildman–Crippen MR) is 148 cm³/mol. The third kappa shape index (κ3) is 7.78. The Morgan fingerprint density at radius 3 is 2.27 bits per heavy atom. The summed E-state index contributed by atoms with van der Waals surface area (Å²) >= 11 is 5.81. The number of nitrogens with one attached hydrogen (secondary N) is 2. The summed E-state index contributed by atoms with van der Waals surface area (Å²) in [6, 6.07) is 5.59. The normalized spacial score (nSPS) is 17.0. The van der Waals surface area contributed by atoms with Crippen LogP contribution in [0.3, 0.4) is 0 Å². The summed E-state index contributed by atoms with van der Waals surface area (Å²) in [7, 11) is 3.18. The number of hydrogen-bond acceptors (Lipinski definition) is 8. The second kappa shape index (κ2) is 13.9. The Kier molecular flexibility index (Phi) is 10.4. The number of fused-ring (bicyclic) bond motifs is 1. The fourth-order valence-corrected chi connectivity index (χ4v) is 4.93. The van der Waals surface area contributed by atoms with E-state index in [2.05, 4.69) is 25.0 Å². The highest BCUT2D eigenvalue weighted by Gasteiger charge is 2.18. The molecule has 0 saturated carbocycles. The summed E-state index contributed by atoms with van der Waals surface area (Å²) in [6.45, 7) is 10.7. The van der Waals surface area contributed by atoms with Gasteiger partial charge in [0.1, 0.15) is 0 Å². The van der Waals surface area contributed by atoms with Crippen LogP contribution in [0.1, 0.15) is 12.0 Å². The minimum atomic E-state index is -0.133. The van der Waals surface area contributed by atoms with Crippen LogP contribution in [0, 0.1) is 0 Å². The number of hydrogen-bond donors (Lipinski definition) is 2. The van der Waals surface area contributed by atoms with E-state index in [-0.39, 0.29) is 5.56 Å². The SMILES string of the molecule is COc1cc2cc(CN(CCN3CCOCC3)C(=S)NCCCN3CCOCC3)c(=O)[nH]c2cc1OC. The van der Waals surface area contributed by atoms with Crippen molar-refractivity contribution in [3.63, 3.8) is 0 Å². The van der Waals surface area contributed by atoms with Crippen molar-refractivity contribution in [2.45, 2.75) is 13.0 Å². The van der Waals surface area contributed by atoms with Gasteiger partial charge in [-0.15, -0.1) is 0 Å². The first-order chi connectivity index (χ1) is 18.1. The van der Waals surface area contributed by atoms with Gasteiger partial charge in [0.05, 0.1) is 52.7 Å². The predicted octanol–water partition coefficient (Wildman–Crippen LogP) is 1.28. The van der Waals surface area contributed by atoms with Crippen LogP contribution in [0.5, 0.6) is 11.5 Å². The lowest BCUT2D eigenvalue weighted by Gasteiger charge is -2.31. The van der Waals surface area contributed by atoms with Crippen LogP contribution in [0.25, 0.3) is 10.9 Å². The molecule has 0 bridgehead atoms. The zero-order chi connectivity index (χ0) is 26.0. The highest BCUT2D eigenvalue weighted by atomic mass is 32.1. The molecule has 37 heavy (non-hydrogen) atoms. The summed E-state index contributed by atoms with van der Waals surface area (Å²) in [5, 5.41) is 4.98. The van der Waals surface area contributed by atoms with Gasteiger partial charge in [-0.1, -0.05) is 0 Å². The number of benzene rings is 1. The lowest BCUT2D eigenvalue weighted by atomic mass is 10.1. The number of rotatable bonds is 11. The summed E-state index contributed by atoms with van der Waals surface area (Å²) in [5.74, 6) is 1.20. The molecule has 0 radical (unpaired) electrons. The van der Waals surface area contributed by atoms with Gasteiger partial charge in [0.2, 0.25) is 0 Å². The molecule has 2 aliphatic heterocycles. The maximum Gasteiger partial charge on any atom is 0.253 e. The average molecular weight is 534 g/mol. The van der Waals surface area contributed by atoms with E-state index < -0.39 is 0 Å². The number of nitrogens with zero attached hydrogens (tertiary/aromatic N) is 3. The van der Waals surface area contributed by atoms with Gasteiger partial charge in [-0.2, -0.15) is 0 Å². The Hall–Kier alpha value is -2.44. The van der Waals surface area contributed by atoms with Crippen molar-refractivity contribution in [1.29, 1.82) is 0 Å². The standard InChI is InChI=1S/C26H39N5O5S/c1-33-23-17-20-16-21(25(32)28-22(20)18-24(23)34-2)19-31(7-6-30-10-14-36-15-11-30)26(37)27-4-3-5-29-8-12-35-13-9-29/h16-18H,3-15,19H2,1-2H3,(H,27,37)(H,28,32). The molecule has 11 heteroatoms. The van der Waals surface area contributed by atoms with Crippen molar-refractivity contribution in [2.75, 3.05) is 93.0 Å². The second-order valence-corrected chi connectivity index (χ2v) is 9.72. The van der Waals surface area contributed by atoms with Crippen molar-refractivity contribution in [2.24, 2.45) is 0 Å². The lowest BCUT2D eigenvalue weighted by molar-refractivity contribution is 0.0356. The largest absolute Gasteiger partial charge is 0.493 e. The highest BCUT2D eigenvalue weighted by Crippen LogP contribution is 2.31. The number of aromatic amines is 1. The molecular formula is C26H39N5O5S. The highest BCUT2D eigenvalue weighted by molar-refractivity contribution is 7.80. The Balaban J connectivity index is 1.44. The van der Waals surface area contributed by atoms with Crippen LogP contribution in [-0.4, -0.2) is 118 Å². The lowest BCUT2D eigenvalue weighted by Crippen LogP contribution is -2.46. The minimum Gasteiger partial charge on any atom is -0.493 e. The third-order valence-electron chi connectivity index (χ3n) is 6.89. The molecule has 1 aromatic heterocycles. The number of morpholine rings is 2. The fourth-order valence-electron chi connectivity index (χ4n) is 4.68. The van der Waals surface area contributed by atoms with E-state index >= 15 is 0 Å². The summed E-state index contributed by atoms with van der Waals surface area (Å²) in [5.41, 5.74) is 1.22. The number of H-pyrrole nitrogens is 1. The van der Waals surface area contributed by atoms with E-state index in [1.807, 2.05) is 12.1 Å². The smallest absolute Gasteiger partial charge is 0.253 e. The molecule has 1 aromatic carbocycles. The number of ether oxygens (including phenoxy) is 4. The maximum atomic E-state index is 13.0. The summed E-state index contributed by atoms with van der Waals surface area (Å²) in [4.78, 5) is 22.9. The first kappa shape index (κ1) is 27.6. The Morgan fingerprint density at radius 2 is 1.62 bits per heavy atom. The maximum absolute atomic E-state index is 13.0. The zero-order valence-corrected chi connectivity index (χ0v) is 22.7. The van der Waals surface area contributed by atoms with Crippen molar-refractivity contribution in [3.05, 3.63) is 34.1 Å². The van der Waals surface area contributed by atoms with Crippen LogP contribution in [0.2, 0.25) is 0 Å². The fraction of sp³-hybridized carbons (Fsp3) is 0.615. The van der Waals surface area contributed by atoms with Gasteiger partial charge in [-0.3, -0.25) is 14.6 Å². The average Bonchev–Trinajstić information content (AvgIpc) is 2.93. The molecule has 0 aliphatic carbocycles. The van der Waals surface area contributed by atoms with E-state index in [0.29, 0.717) is 34.2 Å². The molecule has 0 amide bonds. The topological polar surface area (TPSA) is 91.5 Å². The van der Waals surface area contributed by atoms with Gasteiger partial charge < -0.3 is 34.1 Å². The van der Waals surface area contributed by atoms with Crippen molar-refractivity contribution < 1.29 is 18.9 Å². The van der Waals surface area contributed by atoms with Crippen molar-refractivity contribution >= 4 is 28.2 Å². The van der Waals surface area contributed by atoms with Gasteiger partial charge in [-0.05, 0) is 37.3 Å². The molecule has 4 rings (SSSR count). The summed E-state index contributed by atoms with van der Waals surface area (Å²) < 4.78 is 21.8. The number of pyridine rings is 1. The molecule has 10 nitrogen and oxygen atoms in total. The van der Waals surface area contributed by atoms with E-state index in [9.17, 15) is 4.79 Å². The molecular weight excluding hydrogens is 494 g/mol. The Bertz CT molecular complexity index is 1080. The first-order valence-electron chi connectivity index (χ1n) is 13.0. The molecule has 0 unspecified atom stereocenters. The number of methoxy groups -OCH3 is 2. The van der Waals surface area contributed by atoms with E-state index in [1.54, 1.807) is 20.3 Å². The van der Waals surface area contributed by atoms with E-state index in [0.717, 1.165) is 90.6 Å². The monoisotopic (exact) mass is 533 g/mol.